The lowest BCUT2D eigenvalue weighted by Gasteiger charge is -2.39. The first-order valence-electron chi connectivity index (χ1n) is 7.74. The average Bonchev–Trinajstić information content (AvgIpc) is 2.43. The number of ether oxygens (including phenoxy) is 1. The van der Waals surface area contributed by atoms with Crippen molar-refractivity contribution in [3.8, 4) is 5.75 Å². The lowest BCUT2D eigenvalue weighted by atomic mass is 10.1. The molecule has 0 aromatic heterocycles. The van der Waals surface area contributed by atoms with Crippen molar-refractivity contribution < 1.29 is 13.2 Å². The van der Waals surface area contributed by atoms with Gasteiger partial charge in [-0.2, -0.15) is 0 Å². The predicted molar refractivity (Wildman–Crippen MR) is 84.9 cm³/mol. The van der Waals surface area contributed by atoms with Crippen LogP contribution in [0.5, 0.6) is 5.75 Å². The second-order valence-corrected chi connectivity index (χ2v) is 7.88. The van der Waals surface area contributed by atoms with E-state index < -0.39 is 10.0 Å². The van der Waals surface area contributed by atoms with Crippen LogP contribution in [0.4, 0.5) is 0 Å². The fourth-order valence-electron chi connectivity index (χ4n) is 2.66. The van der Waals surface area contributed by atoms with E-state index in [2.05, 4.69) is 0 Å². The number of nitrogens with zero attached hydrogens (tertiary/aromatic N) is 1. The molecule has 1 fully saturated rings. The molecular formula is C16H25NO3S. The van der Waals surface area contributed by atoms with Crippen molar-refractivity contribution in [3.05, 3.63) is 30.3 Å². The van der Waals surface area contributed by atoms with E-state index >= 15 is 0 Å². The van der Waals surface area contributed by atoms with Gasteiger partial charge in [0.2, 0.25) is 10.0 Å². The van der Waals surface area contributed by atoms with E-state index in [1.54, 1.807) is 4.31 Å². The van der Waals surface area contributed by atoms with E-state index in [1.165, 1.54) is 0 Å². The van der Waals surface area contributed by atoms with Crippen LogP contribution in [-0.2, 0) is 10.0 Å². The van der Waals surface area contributed by atoms with Gasteiger partial charge in [0.1, 0.15) is 5.75 Å². The highest BCUT2D eigenvalue weighted by Gasteiger charge is 2.39. The van der Waals surface area contributed by atoms with Crippen LogP contribution in [0.15, 0.2) is 30.3 Å². The molecule has 1 unspecified atom stereocenters. The van der Waals surface area contributed by atoms with E-state index in [0.717, 1.165) is 18.6 Å². The van der Waals surface area contributed by atoms with Crippen molar-refractivity contribution in [2.24, 2.45) is 5.92 Å². The summed E-state index contributed by atoms with van der Waals surface area (Å²) in [5.41, 5.74) is 0. The van der Waals surface area contributed by atoms with E-state index in [-0.39, 0.29) is 5.25 Å². The summed E-state index contributed by atoms with van der Waals surface area (Å²) in [5, 5.41) is -0.224. The summed E-state index contributed by atoms with van der Waals surface area (Å²) in [6.45, 7) is 5.75. The fourth-order valence-corrected chi connectivity index (χ4v) is 4.88. The molecule has 1 aliphatic heterocycles. The minimum atomic E-state index is -3.11. The maximum atomic E-state index is 12.4. The van der Waals surface area contributed by atoms with Gasteiger partial charge in [-0.05, 0) is 25.0 Å². The van der Waals surface area contributed by atoms with E-state index in [4.69, 9.17) is 4.74 Å². The number of benzene rings is 1. The highest BCUT2D eigenvalue weighted by molar-refractivity contribution is 7.89. The summed E-state index contributed by atoms with van der Waals surface area (Å²) in [5.74, 6) is 1.15. The van der Waals surface area contributed by atoms with Crippen LogP contribution in [0, 0.1) is 5.92 Å². The highest BCUT2D eigenvalue weighted by Crippen LogP contribution is 2.26. The van der Waals surface area contributed by atoms with Crippen LogP contribution < -0.4 is 4.74 Å². The van der Waals surface area contributed by atoms with E-state index in [9.17, 15) is 8.42 Å². The zero-order chi connectivity index (χ0) is 15.3. The van der Waals surface area contributed by atoms with Gasteiger partial charge in [0.05, 0.1) is 11.9 Å². The van der Waals surface area contributed by atoms with Gasteiger partial charge in [-0.3, -0.25) is 0 Å². The fraction of sp³-hybridized carbons (Fsp3) is 0.625. The number of sulfonamides is 1. The Labute approximate surface area is 128 Å². The minimum absolute atomic E-state index is 0.224. The number of rotatable bonds is 8. The summed E-state index contributed by atoms with van der Waals surface area (Å²) in [4.78, 5) is 0. The molecule has 0 saturated carbocycles. The molecule has 1 aromatic carbocycles. The molecule has 0 radical (unpaired) electrons. The Bertz CT molecular complexity index is 524. The predicted octanol–water partition coefficient (Wildman–Crippen LogP) is 2.91. The summed E-state index contributed by atoms with van der Waals surface area (Å²) >= 11 is 0. The molecule has 0 aliphatic carbocycles. The van der Waals surface area contributed by atoms with Crippen molar-refractivity contribution in [2.45, 2.75) is 38.4 Å². The first kappa shape index (κ1) is 16.3. The van der Waals surface area contributed by atoms with Crippen molar-refractivity contribution in [1.29, 1.82) is 0 Å². The Morgan fingerprint density at radius 3 is 2.48 bits per heavy atom. The van der Waals surface area contributed by atoms with Crippen molar-refractivity contribution in [2.75, 3.05) is 19.7 Å². The zero-order valence-electron chi connectivity index (χ0n) is 12.9. The Kier molecular flexibility index (Phi) is 5.65. The Morgan fingerprint density at radius 1 is 1.24 bits per heavy atom. The highest BCUT2D eigenvalue weighted by atomic mass is 32.2. The van der Waals surface area contributed by atoms with Crippen LogP contribution in [0.25, 0.3) is 0 Å². The average molecular weight is 311 g/mol. The minimum Gasteiger partial charge on any atom is -0.493 e. The first-order valence-corrected chi connectivity index (χ1v) is 9.25. The maximum absolute atomic E-state index is 12.4. The van der Waals surface area contributed by atoms with Crippen molar-refractivity contribution in [1.82, 2.24) is 4.31 Å². The smallest absolute Gasteiger partial charge is 0.216 e. The molecule has 1 atom stereocenters. The van der Waals surface area contributed by atoms with Crippen molar-refractivity contribution in [3.63, 3.8) is 0 Å². The first-order chi connectivity index (χ1) is 10.1. The number of hydrogen-bond acceptors (Lipinski definition) is 3. The molecule has 1 aliphatic rings. The third-order valence-electron chi connectivity index (χ3n) is 4.00. The zero-order valence-corrected chi connectivity index (χ0v) is 13.7. The van der Waals surface area contributed by atoms with Gasteiger partial charge in [-0.1, -0.05) is 38.5 Å². The van der Waals surface area contributed by atoms with Crippen molar-refractivity contribution >= 4 is 10.0 Å². The molecule has 1 saturated heterocycles. The Balaban J connectivity index is 1.80. The summed E-state index contributed by atoms with van der Waals surface area (Å²) < 4.78 is 32.2. The number of para-hydroxylation sites is 1. The molecule has 0 amide bonds. The Hall–Kier alpha value is -1.07. The molecule has 1 heterocycles. The topological polar surface area (TPSA) is 46.6 Å². The second-order valence-electron chi connectivity index (χ2n) is 5.67. The quantitative estimate of drug-likeness (QED) is 0.741. The molecule has 0 N–H and O–H groups in total. The summed E-state index contributed by atoms with van der Waals surface area (Å²) in [6, 6.07) is 9.65. The third-order valence-corrected chi connectivity index (χ3v) is 6.43. The molecule has 4 nitrogen and oxygen atoms in total. The van der Waals surface area contributed by atoms with Gasteiger partial charge in [-0.25, -0.2) is 12.7 Å². The van der Waals surface area contributed by atoms with Gasteiger partial charge < -0.3 is 4.74 Å². The molecular weight excluding hydrogens is 286 g/mol. The van der Waals surface area contributed by atoms with E-state index in [1.807, 2.05) is 44.2 Å². The maximum Gasteiger partial charge on any atom is 0.216 e. The monoisotopic (exact) mass is 311 g/mol. The molecule has 118 valence electrons. The summed E-state index contributed by atoms with van der Waals surface area (Å²) in [7, 11) is -3.11. The molecule has 0 bridgehead atoms. The van der Waals surface area contributed by atoms with Crippen LogP contribution in [0.2, 0.25) is 0 Å². The van der Waals surface area contributed by atoms with Gasteiger partial charge in [0.25, 0.3) is 0 Å². The number of hydrogen-bond donors (Lipinski definition) is 0. The second kappa shape index (κ2) is 7.27. The lowest BCUT2D eigenvalue weighted by molar-refractivity contribution is 0.128. The largest absolute Gasteiger partial charge is 0.493 e. The van der Waals surface area contributed by atoms with Gasteiger partial charge >= 0.3 is 0 Å². The van der Waals surface area contributed by atoms with Gasteiger partial charge in [0, 0.05) is 19.0 Å². The van der Waals surface area contributed by atoms with E-state index in [0.29, 0.717) is 32.0 Å². The van der Waals surface area contributed by atoms with Gasteiger partial charge in [-0.15, -0.1) is 0 Å². The SMILES string of the molecule is CCCC(CC)S(=O)(=O)N1CC(COc2ccccc2)C1. The lowest BCUT2D eigenvalue weighted by Crippen LogP contribution is -2.54. The molecule has 1 aromatic rings. The standard InChI is InChI=1S/C16H25NO3S/c1-3-8-16(4-2)21(18,19)17-11-14(12-17)13-20-15-9-6-5-7-10-15/h5-7,9-10,14,16H,3-4,8,11-13H2,1-2H3. The normalized spacial score (nSPS) is 18.2. The summed E-state index contributed by atoms with van der Waals surface area (Å²) in [6.07, 6.45) is 2.35. The molecule has 2 rings (SSSR count). The third kappa shape index (κ3) is 3.98. The molecule has 0 spiro atoms. The van der Waals surface area contributed by atoms with Crippen LogP contribution >= 0.6 is 0 Å². The van der Waals surface area contributed by atoms with Crippen LogP contribution in [-0.4, -0.2) is 37.7 Å². The molecule has 5 heteroatoms. The Morgan fingerprint density at radius 2 is 1.90 bits per heavy atom. The molecule has 21 heavy (non-hydrogen) atoms. The van der Waals surface area contributed by atoms with Crippen LogP contribution in [0.3, 0.4) is 0 Å². The van der Waals surface area contributed by atoms with Crippen LogP contribution in [0.1, 0.15) is 33.1 Å². The van der Waals surface area contributed by atoms with Gasteiger partial charge in [0.15, 0.2) is 0 Å².